The van der Waals surface area contributed by atoms with Crippen LogP contribution in [-0.4, -0.2) is 33.6 Å². The van der Waals surface area contributed by atoms with Crippen molar-refractivity contribution in [2.24, 2.45) is 5.41 Å². The fraction of sp³-hybridized carbons (Fsp3) is 0.273. The predicted octanol–water partition coefficient (Wildman–Crippen LogP) is 6.08. The van der Waals surface area contributed by atoms with E-state index >= 15 is 0 Å². The van der Waals surface area contributed by atoms with E-state index in [2.05, 4.69) is 41.5 Å². The highest BCUT2D eigenvalue weighted by Crippen LogP contribution is 2.32. The van der Waals surface area contributed by atoms with Gasteiger partial charge in [-0.3, -0.25) is 9.59 Å². The minimum absolute atomic E-state index is 0.0220. The fourth-order valence-electron chi connectivity index (χ4n) is 3.19. The molecule has 174 valence electrons. The molecule has 1 aromatic carbocycles. The first-order chi connectivity index (χ1) is 15.4. The molecule has 11 heteroatoms. The molecule has 0 bridgehead atoms. The number of halogens is 4. The van der Waals surface area contributed by atoms with Crippen molar-refractivity contribution in [1.29, 1.82) is 0 Å². The number of carbonyl (C=O) groups is 2. The van der Waals surface area contributed by atoms with Crippen LogP contribution in [0.3, 0.4) is 0 Å². The molecular formula is C22H21Cl4N5O2. The van der Waals surface area contributed by atoms with Crippen LogP contribution < -0.4 is 10.6 Å². The summed E-state index contributed by atoms with van der Waals surface area (Å²) in [6.45, 7) is 6.27. The number of nitrogens with zero attached hydrogens (tertiary/aromatic N) is 3. The Bertz CT molecular complexity index is 1230. The van der Waals surface area contributed by atoms with E-state index in [0.29, 0.717) is 11.4 Å². The Morgan fingerprint density at radius 3 is 2.39 bits per heavy atom. The number of nitrogens with one attached hydrogen (secondary N) is 2. The highest BCUT2D eigenvalue weighted by molar-refractivity contribution is 6.38. The van der Waals surface area contributed by atoms with Gasteiger partial charge in [0.15, 0.2) is 11.0 Å². The third-order valence-electron chi connectivity index (χ3n) is 4.55. The van der Waals surface area contributed by atoms with Gasteiger partial charge in [0.05, 0.1) is 21.3 Å². The van der Waals surface area contributed by atoms with Crippen LogP contribution in [0.5, 0.6) is 0 Å². The lowest BCUT2D eigenvalue weighted by atomic mass is 9.88. The Morgan fingerprint density at radius 2 is 1.76 bits per heavy atom. The Morgan fingerprint density at radius 1 is 1.06 bits per heavy atom. The quantitative estimate of drug-likeness (QED) is 0.420. The molecular weight excluding hydrogens is 508 g/mol. The number of amides is 2. The summed E-state index contributed by atoms with van der Waals surface area (Å²) >= 11 is 25.1. The Hall–Kier alpha value is -2.32. The van der Waals surface area contributed by atoms with Crippen molar-refractivity contribution in [2.45, 2.75) is 27.2 Å². The van der Waals surface area contributed by atoms with Crippen molar-refractivity contribution in [3.8, 4) is 5.82 Å². The molecule has 0 aliphatic heterocycles. The molecule has 0 saturated carbocycles. The molecule has 0 spiro atoms. The second kappa shape index (κ2) is 9.89. The van der Waals surface area contributed by atoms with E-state index in [-0.39, 0.29) is 43.4 Å². The Kier molecular flexibility index (Phi) is 7.59. The Balaban J connectivity index is 2.05. The zero-order valence-electron chi connectivity index (χ0n) is 18.3. The molecule has 3 rings (SSSR count). The van der Waals surface area contributed by atoms with Crippen LogP contribution >= 0.6 is 46.4 Å². The van der Waals surface area contributed by atoms with Crippen LogP contribution in [0.2, 0.25) is 20.2 Å². The molecule has 0 aliphatic carbocycles. The van der Waals surface area contributed by atoms with Crippen molar-refractivity contribution < 1.29 is 9.59 Å². The van der Waals surface area contributed by atoms with Gasteiger partial charge < -0.3 is 10.6 Å². The van der Waals surface area contributed by atoms with Crippen LogP contribution in [0.15, 0.2) is 30.5 Å². The van der Waals surface area contributed by atoms with Crippen molar-refractivity contribution in [3.05, 3.63) is 67.5 Å². The molecule has 2 heterocycles. The minimum Gasteiger partial charge on any atom is -0.355 e. The van der Waals surface area contributed by atoms with E-state index in [4.69, 9.17) is 46.4 Å². The largest absolute Gasteiger partial charge is 0.355 e. The molecule has 2 aromatic heterocycles. The van der Waals surface area contributed by atoms with Gasteiger partial charge in [0.25, 0.3) is 11.8 Å². The van der Waals surface area contributed by atoms with Crippen LogP contribution in [0, 0.1) is 5.41 Å². The first-order valence-corrected chi connectivity index (χ1v) is 11.3. The molecule has 2 N–H and O–H groups in total. The SMILES string of the molecule is CNC(=O)c1cc(Cl)cc(Cl)c1NC(=O)c1cc(Cl)nn1-c1nccc(CC(C)(C)C)c1Cl. The van der Waals surface area contributed by atoms with Crippen LogP contribution in [0.4, 0.5) is 5.69 Å². The Labute approximate surface area is 211 Å². The van der Waals surface area contributed by atoms with Gasteiger partial charge in [-0.25, -0.2) is 9.67 Å². The molecule has 2 amide bonds. The van der Waals surface area contributed by atoms with E-state index in [9.17, 15) is 9.59 Å². The lowest BCUT2D eigenvalue weighted by Gasteiger charge is -2.20. The second-order valence-corrected chi connectivity index (χ2v) is 10.1. The molecule has 0 unspecified atom stereocenters. The zero-order valence-corrected chi connectivity index (χ0v) is 21.3. The molecule has 0 radical (unpaired) electrons. The summed E-state index contributed by atoms with van der Waals surface area (Å²) < 4.78 is 1.26. The average Bonchev–Trinajstić information content (AvgIpc) is 3.11. The number of aromatic nitrogens is 3. The van der Waals surface area contributed by atoms with Gasteiger partial charge in [0.1, 0.15) is 5.69 Å². The molecule has 0 fully saturated rings. The van der Waals surface area contributed by atoms with Crippen molar-refractivity contribution in [1.82, 2.24) is 20.1 Å². The molecule has 0 saturated heterocycles. The highest BCUT2D eigenvalue weighted by Gasteiger charge is 2.24. The zero-order chi connectivity index (χ0) is 24.5. The summed E-state index contributed by atoms with van der Waals surface area (Å²) in [7, 11) is 1.45. The first-order valence-electron chi connectivity index (χ1n) is 9.83. The minimum atomic E-state index is -0.622. The van der Waals surface area contributed by atoms with E-state index in [0.717, 1.165) is 5.56 Å². The third-order valence-corrected chi connectivity index (χ3v) is 5.66. The molecule has 0 aliphatic rings. The van der Waals surface area contributed by atoms with Gasteiger partial charge in [-0.05, 0) is 35.6 Å². The standard InChI is InChI=1S/C22H21Cl4N5O2/c1-22(2,3)10-11-5-6-28-19(17(11)26)31-15(9-16(25)30-31)21(33)29-18-13(20(32)27-4)7-12(23)8-14(18)24/h5-9H,10H2,1-4H3,(H,27,32)(H,29,33). The van der Waals surface area contributed by atoms with Gasteiger partial charge >= 0.3 is 0 Å². The fourth-order valence-corrected chi connectivity index (χ4v) is 4.17. The van der Waals surface area contributed by atoms with Crippen LogP contribution in [-0.2, 0) is 6.42 Å². The van der Waals surface area contributed by atoms with E-state index in [1.54, 1.807) is 6.20 Å². The van der Waals surface area contributed by atoms with Crippen LogP contribution in [0.1, 0.15) is 47.2 Å². The summed E-state index contributed by atoms with van der Waals surface area (Å²) in [6, 6.07) is 6.02. The predicted molar refractivity (Wildman–Crippen MR) is 132 cm³/mol. The maximum absolute atomic E-state index is 13.2. The van der Waals surface area contributed by atoms with Crippen molar-refractivity contribution in [2.75, 3.05) is 12.4 Å². The van der Waals surface area contributed by atoms with Gasteiger partial charge in [0.2, 0.25) is 0 Å². The van der Waals surface area contributed by atoms with Crippen LogP contribution in [0.25, 0.3) is 5.82 Å². The first kappa shape index (κ1) is 25.3. The molecule has 0 atom stereocenters. The lowest BCUT2D eigenvalue weighted by molar-refractivity contribution is 0.0964. The van der Waals surface area contributed by atoms with Gasteiger partial charge in [-0.2, -0.15) is 5.10 Å². The molecule has 33 heavy (non-hydrogen) atoms. The summed E-state index contributed by atoms with van der Waals surface area (Å²) in [5.41, 5.74) is 1.08. The molecule has 3 aromatic rings. The maximum atomic E-state index is 13.2. The van der Waals surface area contributed by atoms with Gasteiger partial charge in [0, 0.05) is 24.3 Å². The maximum Gasteiger partial charge on any atom is 0.274 e. The van der Waals surface area contributed by atoms with Crippen molar-refractivity contribution in [3.63, 3.8) is 0 Å². The number of hydrogen-bond acceptors (Lipinski definition) is 4. The second-order valence-electron chi connectivity index (χ2n) is 8.45. The normalized spacial score (nSPS) is 11.4. The lowest BCUT2D eigenvalue weighted by Crippen LogP contribution is -2.23. The highest BCUT2D eigenvalue weighted by atomic mass is 35.5. The third kappa shape index (κ3) is 5.79. The number of benzene rings is 1. The van der Waals surface area contributed by atoms with E-state index in [1.165, 1.54) is 29.9 Å². The summed E-state index contributed by atoms with van der Waals surface area (Å²) in [4.78, 5) is 29.8. The number of hydrogen-bond donors (Lipinski definition) is 2. The number of anilines is 1. The smallest absolute Gasteiger partial charge is 0.274 e. The number of carbonyl (C=O) groups excluding carboxylic acids is 2. The van der Waals surface area contributed by atoms with Gasteiger partial charge in [-0.15, -0.1) is 0 Å². The topological polar surface area (TPSA) is 88.9 Å². The van der Waals surface area contributed by atoms with Crippen molar-refractivity contribution >= 4 is 63.9 Å². The number of pyridine rings is 1. The summed E-state index contributed by atoms with van der Waals surface area (Å²) in [6.07, 6.45) is 2.28. The number of rotatable bonds is 5. The van der Waals surface area contributed by atoms with E-state index in [1.807, 2.05) is 6.07 Å². The summed E-state index contributed by atoms with van der Waals surface area (Å²) in [5, 5.41) is 10.1. The summed E-state index contributed by atoms with van der Waals surface area (Å²) in [5.74, 6) is -0.840. The average molecular weight is 529 g/mol. The monoisotopic (exact) mass is 527 g/mol. The molecule has 7 nitrogen and oxygen atoms in total. The van der Waals surface area contributed by atoms with Gasteiger partial charge in [-0.1, -0.05) is 67.2 Å². The van der Waals surface area contributed by atoms with E-state index < -0.39 is 11.8 Å².